The molecular formula is C29H41N7O5. The summed E-state index contributed by atoms with van der Waals surface area (Å²) in [4.78, 5) is 40.0. The average molecular weight is 568 g/mol. The largest absolute Gasteiger partial charge is 0.508 e. The van der Waals surface area contributed by atoms with E-state index < -0.39 is 35.8 Å². The molecule has 11 N–H and O–H groups in total. The third-order valence-electron chi connectivity index (χ3n) is 7.57. The third kappa shape index (κ3) is 8.17. The first-order chi connectivity index (χ1) is 19.7. The van der Waals surface area contributed by atoms with E-state index in [0.29, 0.717) is 30.6 Å². The maximum Gasteiger partial charge on any atom is 0.243 e. The predicted octanol–water partition coefficient (Wildman–Crippen LogP) is -1.18. The summed E-state index contributed by atoms with van der Waals surface area (Å²) in [7, 11) is 0. The first-order valence-electron chi connectivity index (χ1n) is 14.1. The van der Waals surface area contributed by atoms with E-state index in [2.05, 4.69) is 26.6 Å². The van der Waals surface area contributed by atoms with E-state index in [-0.39, 0.29) is 36.7 Å². The normalized spacial score (nSPS) is 22.4. The molecule has 2 aromatic carbocycles. The zero-order valence-corrected chi connectivity index (χ0v) is 23.1. The van der Waals surface area contributed by atoms with Crippen LogP contribution in [0, 0.1) is 5.92 Å². The van der Waals surface area contributed by atoms with Crippen LogP contribution in [0.4, 0.5) is 0 Å². The van der Waals surface area contributed by atoms with Gasteiger partial charge in [0.2, 0.25) is 17.7 Å². The number of aromatic hydroxyl groups is 2. The molecule has 2 heterocycles. The first kappa shape index (κ1) is 30.3. The summed E-state index contributed by atoms with van der Waals surface area (Å²) in [5.41, 5.74) is 14.3. The Morgan fingerprint density at radius 3 is 2.12 bits per heavy atom. The summed E-state index contributed by atoms with van der Waals surface area (Å²) >= 11 is 0. The molecule has 41 heavy (non-hydrogen) atoms. The van der Waals surface area contributed by atoms with Crippen LogP contribution in [0.1, 0.15) is 24.0 Å². The minimum Gasteiger partial charge on any atom is -0.508 e. The van der Waals surface area contributed by atoms with Crippen LogP contribution in [0.25, 0.3) is 11.1 Å². The average Bonchev–Trinajstić information content (AvgIpc) is 3.24. The Labute approximate surface area is 239 Å². The number of hydrogen-bond acceptors (Lipinski definition) is 9. The summed E-state index contributed by atoms with van der Waals surface area (Å²) in [6.07, 6.45) is 0.756. The first-order valence-corrected chi connectivity index (χ1v) is 14.1. The molecule has 0 aromatic heterocycles. The fourth-order valence-electron chi connectivity index (χ4n) is 5.13. The SMILES string of the molecule is NCCC[C@H]1NC(=O)[C@@H](N)Cc2cc(ccc2O)-c2ccc(O)c(c2)C[C@H](C(=O)NCC2CNCCNC2)NC1=O. The Morgan fingerprint density at radius 1 is 0.902 bits per heavy atom. The van der Waals surface area contributed by atoms with Gasteiger partial charge in [0.05, 0.1) is 6.04 Å². The van der Waals surface area contributed by atoms with E-state index in [1.807, 2.05) is 0 Å². The quantitative estimate of drug-likeness (QED) is 0.206. The van der Waals surface area contributed by atoms with Crippen molar-refractivity contribution < 1.29 is 24.6 Å². The van der Waals surface area contributed by atoms with Crippen molar-refractivity contribution in [2.24, 2.45) is 17.4 Å². The molecule has 4 bridgehead atoms. The topological polar surface area (TPSA) is 204 Å². The molecule has 2 aliphatic rings. The second-order valence-electron chi connectivity index (χ2n) is 10.8. The molecule has 0 spiro atoms. The minimum absolute atomic E-state index is 0.00597. The van der Waals surface area contributed by atoms with Gasteiger partial charge in [0.1, 0.15) is 23.6 Å². The number of phenols is 2. The molecule has 2 aromatic rings. The Hall–Kier alpha value is -3.71. The van der Waals surface area contributed by atoms with Crippen LogP contribution in [0.2, 0.25) is 0 Å². The Bertz CT molecular complexity index is 1230. The van der Waals surface area contributed by atoms with Crippen molar-refractivity contribution in [1.29, 1.82) is 0 Å². The number of hydrogen-bond donors (Lipinski definition) is 9. The van der Waals surface area contributed by atoms with Crippen molar-refractivity contribution in [3.63, 3.8) is 0 Å². The maximum atomic E-state index is 13.5. The van der Waals surface area contributed by atoms with E-state index in [9.17, 15) is 24.6 Å². The highest BCUT2D eigenvalue weighted by molar-refractivity contribution is 5.93. The number of phenolic OH excluding ortho intramolecular Hbond substituents is 2. The van der Waals surface area contributed by atoms with Gasteiger partial charge < -0.3 is 48.3 Å². The summed E-state index contributed by atoms with van der Waals surface area (Å²) < 4.78 is 0. The van der Waals surface area contributed by atoms with Crippen molar-refractivity contribution in [3.8, 4) is 22.6 Å². The molecule has 0 saturated carbocycles. The van der Waals surface area contributed by atoms with Crippen LogP contribution in [-0.4, -0.2) is 85.3 Å². The Balaban J connectivity index is 1.68. The highest BCUT2D eigenvalue weighted by Gasteiger charge is 2.30. The van der Waals surface area contributed by atoms with Crippen molar-refractivity contribution in [2.75, 3.05) is 39.3 Å². The van der Waals surface area contributed by atoms with E-state index in [1.54, 1.807) is 24.3 Å². The van der Waals surface area contributed by atoms with Gasteiger partial charge in [-0.25, -0.2) is 0 Å². The van der Waals surface area contributed by atoms with Gasteiger partial charge in [-0.05, 0) is 65.9 Å². The lowest BCUT2D eigenvalue weighted by Crippen LogP contribution is -2.57. The number of nitrogens with two attached hydrogens (primary N) is 2. The van der Waals surface area contributed by atoms with Crippen LogP contribution in [0.15, 0.2) is 36.4 Å². The van der Waals surface area contributed by atoms with Gasteiger partial charge in [-0.1, -0.05) is 12.1 Å². The summed E-state index contributed by atoms with van der Waals surface area (Å²) in [6, 6.07) is 6.97. The van der Waals surface area contributed by atoms with E-state index >= 15 is 0 Å². The minimum atomic E-state index is -1.04. The monoisotopic (exact) mass is 567 g/mol. The number of rotatable bonds is 6. The number of carbonyl (C=O) groups excluding carboxylic acids is 3. The fourth-order valence-corrected chi connectivity index (χ4v) is 5.13. The van der Waals surface area contributed by atoms with E-state index in [1.165, 1.54) is 12.1 Å². The lowest BCUT2D eigenvalue weighted by Gasteiger charge is -2.25. The van der Waals surface area contributed by atoms with Gasteiger partial charge in [-0.2, -0.15) is 0 Å². The van der Waals surface area contributed by atoms with Gasteiger partial charge in [0, 0.05) is 51.5 Å². The highest BCUT2D eigenvalue weighted by Crippen LogP contribution is 2.30. The van der Waals surface area contributed by atoms with Crippen LogP contribution >= 0.6 is 0 Å². The third-order valence-corrected chi connectivity index (χ3v) is 7.57. The number of fused-ring (bicyclic) bond motifs is 5. The molecule has 0 unspecified atom stereocenters. The highest BCUT2D eigenvalue weighted by atomic mass is 16.3. The van der Waals surface area contributed by atoms with Gasteiger partial charge in [-0.3, -0.25) is 14.4 Å². The van der Waals surface area contributed by atoms with E-state index in [4.69, 9.17) is 11.5 Å². The maximum absolute atomic E-state index is 13.5. The smallest absolute Gasteiger partial charge is 0.243 e. The number of carbonyl (C=O) groups is 3. The lowest BCUT2D eigenvalue weighted by molar-refractivity contribution is -0.132. The van der Waals surface area contributed by atoms with Gasteiger partial charge in [0.15, 0.2) is 0 Å². The van der Waals surface area contributed by atoms with E-state index in [0.717, 1.165) is 37.3 Å². The molecular weight excluding hydrogens is 526 g/mol. The molecule has 4 rings (SSSR count). The molecule has 222 valence electrons. The standard InChI is InChI=1S/C29H41N7O5/c30-7-1-2-23-29(41)36-24(28(40)34-16-17-14-32-8-9-33-15-17)13-21-11-19(4-6-26(21)38)18-3-5-25(37)20(10-18)12-22(31)27(39)35-23/h3-6,10-11,17,22-24,32-33,37-38H,1-2,7-9,12-16,30-31H2,(H,34,40)(H,35,39)(H,36,41)/t22-,23+,24+/m0/s1. The molecule has 12 nitrogen and oxygen atoms in total. The lowest BCUT2D eigenvalue weighted by atomic mass is 9.95. The Kier molecular flexibility index (Phi) is 10.5. The van der Waals surface area contributed by atoms with Crippen molar-refractivity contribution in [2.45, 2.75) is 43.8 Å². The van der Waals surface area contributed by atoms with Crippen LogP contribution in [0.5, 0.6) is 11.5 Å². The zero-order valence-electron chi connectivity index (χ0n) is 23.1. The van der Waals surface area contributed by atoms with Crippen molar-refractivity contribution in [1.82, 2.24) is 26.6 Å². The van der Waals surface area contributed by atoms with Crippen LogP contribution in [0.3, 0.4) is 0 Å². The number of nitrogens with one attached hydrogen (secondary N) is 5. The molecule has 0 radical (unpaired) electrons. The molecule has 1 saturated heterocycles. The summed E-state index contributed by atoms with van der Waals surface area (Å²) in [6.45, 7) is 3.89. The molecule has 1 fully saturated rings. The fraction of sp³-hybridized carbons (Fsp3) is 0.483. The Morgan fingerprint density at radius 2 is 1.51 bits per heavy atom. The van der Waals surface area contributed by atoms with Crippen molar-refractivity contribution >= 4 is 17.7 Å². The van der Waals surface area contributed by atoms with Gasteiger partial charge >= 0.3 is 0 Å². The molecule has 3 amide bonds. The second-order valence-corrected chi connectivity index (χ2v) is 10.8. The number of benzene rings is 2. The number of amides is 3. The molecule has 2 aliphatic heterocycles. The van der Waals surface area contributed by atoms with Crippen LogP contribution in [-0.2, 0) is 27.2 Å². The van der Waals surface area contributed by atoms with Gasteiger partial charge in [-0.15, -0.1) is 0 Å². The van der Waals surface area contributed by atoms with Crippen LogP contribution < -0.4 is 38.1 Å². The zero-order chi connectivity index (χ0) is 29.4. The molecule has 12 heteroatoms. The predicted molar refractivity (Wildman–Crippen MR) is 155 cm³/mol. The molecule has 3 atom stereocenters. The second kappa shape index (κ2) is 14.3. The summed E-state index contributed by atoms with van der Waals surface area (Å²) in [5, 5.41) is 36.3. The summed E-state index contributed by atoms with van der Waals surface area (Å²) in [5.74, 6) is -1.37. The van der Waals surface area contributed by atoms with Crippen molar-refractivity contribution in [3.05, 3.63) is 47.5 Å². The van der Waals surface area contributed by atoms with Gasteiger partial charge in [0.25, 0.3) is 0 Å². The molecule has 0 aliphatic carbocycles.